The number of hydrogen-bond donors (Lipinski definition) is 0. The minimum absolute atomic E-state index is 0.127. The maximum absolute atomic E-state index is 11.0. The van der Waals surface area contributed by atoms with Crippen LogP contribution < -0.4 is 0 Å². The molecule has 1 heterocycles. The molecule has 0 N–H and O–H groups in total. The van der Waals surface area contributed by atoms with E-state index < -0.39 is 0 Å². The first-order valence-corrected chi connectivity index (χ1v) is 6.52. The zero-order valence-electron chi connectivity index (χ0n) is 11.2. The van der Waals surface area contributed by atoms with Gasteiger partial charge in [-0.15, -0.1) is 0 Å². The summed E-state index contributed by atoms with van der Waals surface area (Å²) >= 11 is 0. The van der Waals surface area contributed by atoms with Crippen molar-refractivity contribution in [1.82, 2.24) is 4.57 Å². The van der Waals surface area contributed by atoms with Crippen molar-refractivity contribution in [2.75, 3.05) is 0 Å². The Balaban J connectivity index is 1.91. The van der Waals surface area contributed by atoms with Crippen LogP contribution in [-0.4, -0.2) is 9.49 Å². The molecule has 102 valence electrons. The van der Waals surface area contributed by atoms with E-state index in [9.17, 15) is 10.1 Å². The molecule has 0 amide bonds. The van der Waals surface area contributed by atoms with Crippen molar-refractivity contribution in [1.29, 1.82) is 0 Å². The van der Waals surface area contributed by atoms with Crippen LogP contribution in [0.5, 0.6) is 0 Å². The molecule has 3 rings (SSSR count). The van der Waals surface area contributed by atoms with Crippen molar-refractivity contribution in [2.45, 2.75) is 6.54 Å². The van der Waals surface area contributed by atoms with E-state index in [1.165, 1.54) is 6.07 Å². The van der Waals surface area contributed by atoms with Gasteiger partial charge in [0.2, 0.25) is 0 Å². The van der Waals surface area contributed by atoms with Crippen LogP contribution in [0, 0.1) is 22.0 Å². The summed E-state index contributed by atoms with van der Waals surface area (Å²) in [6.45, 7) is 0.500. The molecule has 0 atom stereocenters. The Morgan fingerprint density at radius 1 is 1.05 bits per heavy atom. The van der Waals surface area contributed by atoms with Crippen LogP contribution in [0.1, 0.15) is 5.56 Å². The molecule has 0 saturated carbocycles. The van der Waals surface area contributed by atoms with E-state index in [1.807, 2.05) is 47.2 Å². The SMILES string of the molecule is O=[N+]([O-])c1cccc2c1ccn2CC#Cc1ccccc1. The highest BCUT2D eigenvalue weighted by atomic mass is 16.6. The summed E-state index contributed by atoms with van der Waals surface area (Å²) in [5.41, 5.74) is 1.91. The summed E-state index contributed by atoms with van der Waals surface area (Å²) in [4.78, 5) is 10.6. The van der Waals surface area contributed by atoms with Gasteiger partial charge >= 0.3 is 0 Å². The fourth-order valence-electron chi connectivity index (χ4n) is 2.25. The third-order valence-electron chi connectivity index (χ3n) is 3.24. The largest absolute Gasteiger partial charge is 0.336 e. The second-order valence-corrected chi connectivity index (χ2v) is 4.58. The normalized spacial score (nSPS) is 10.1. The number of non-ortho nitro benzene ring substituents is 1. The minimum Gasteiger partial charge on any atom is -0.336 e. The van der Waals surface area contributed by atoms with Gasteiger partial charge in [-0.05, 0) is 24.3 Å². The Labute approximate surface area is 121 Å². The molecular formula is C17H12N2O2. The lowest BCUT2D eigenvalue weighted by molar-refractivity contribution is -0.383. The molecule has 0 unspecified atom stereocenters. The molecule has 0 aliphatic heterocycles. The molecule has 21 heavy (non-hydrogen) atoms. The van der Waals surface area contributed by atoms with E-state index in [0.29, 0.717) is 11.9 Å². The molecule has 0 saturated heterocycles. The van der Waals surface area contributed by atoms with Gasteiger partial charge in [-0.3, -0.25) is 10.1 Å². The average Bonchev–Trinajstić information content (AvgIpc) is 2.91. The van der Waals surface area contributed by atoms with E-state index in [2.05, 4.69) is 11.8 Å². The van der Waals surface area contributed by atoms with Crippen LogP contribution in [0.15, 0.2) is 60.8 Å². The zero-order valence-corrected chi connectivity index (χ0v) is 11.2. The molecule has 0 bridgehead atoms. The lowest BCUT2D eigenvalue weighted by Crippen LogP contribution is -1.94. The summed E-state index contributed by atoms with van der Waals surface area (Å²) in [6, 6.07) is 16.6. The molecule has 0 spiro atoms. The Morgan fingerprint density at radius 3 is 2.62 bits per heavy atom. The summed E-state index contributed by atoms with van der Waals surface area (Å²) in [5.74, 6) is 6.17. The van der Waals surface area contributed by atoms with Gasteiger partial charge in [-0.1, -0.05) is 36.1 Å². The molecule has 0 aliphatic carbocycles. The van der Waals surface area contributed by atoms with Gasteiger partial charge in [-0.2, -0.15) is 0 Å². The molecular weight excluding hydrogens is 264 g/mol. The monoisotopic (exact) mass is 276 g/mol. The Kier molecular flexibility index (Phi) is 3.40. The first kappa shape index (κ1) is 12.9. The highest BCUT2D eigenvalue weighted by molar-refractivity contribution is 5.89. The number of nitro groups is 1. The maximum Gasteiger partial charge on any atom is 0.278 e. The Bertz CT molecular complexity index is 855. The number of hydrogen-bond acceptors (Lipinski definition) is 2. The summed E-state index contributed by atoms with van der Waals surface area (Å²) < 4.78 is 1.91. The summed E-state index contributed by atoms with van der Waals surface area (Å²) in [6.07, 6.45) is 1.83. The van der Waals surface area contributed by atoms with Crippen LogP contribution in [-0.2, 0) is 6.54 Å². The van der Waals surface area contributed by atoms with Crippen molar-refractivity contribution in [2.24, 2.45) is 0 Å². The van der Waals surface area contributed by atoms with E-state index in [-0.39, 0.29) is 10.6 Å². The van der Waals surface area contributed by atoms with Crippen molar-refractivity contribution in [3.05, 3.63) is 76.5 Å². The lowest BCUT2D eigenvalue weighted by Gasteiger charge is -1.99. The third kappa shape index (κ3) is 2.63. The van der Waals surface area contributed by atoms with Gasteiger partial charge in [-0.25, -0.2) is 0 Å². The van der Waals surface area contributed by atoms with E-state index in [1.54, 1.807) is 12.1 Å². The molecule has 1 aromatic heterocycles. The van der Waals surface area contributed by atoms with Crippen LogP contribution in [0.2, 0.25) is 0 Å². The molecule has 4 heteroatoms. The number of nitrogens with zero attached hydrogens (tertiary/aromatic N) is 2. The fourth-order valence-corrected chi connectivity index (χ4v) is 2.25. The van der Waals surface area contributed by atoms with Gasteiger partial charge in [0.15, 0.2) is 0 Å². The third-order valence-corrected chi connectivity index (χ3v) is 3.24. The number of nitro benzene ring substituents is 1. The first-order chi connectivity index (χ1) is 10.3. The highest BCUT2D eigenvalue weighted by Gasteiger charge is 2.12. The van der Waals surface area contributed by atoms with Gasteiger partial charge in [0.1, 0.15) is 0 Å². The van der Waals surface area contributed by atoms with Crippen LogP contribution in [0.25, 0.3) is 10.9 Å². The van der Waals surface area contributed by atoms with Crippen molar-refractivity contribution >= 4 is 16.6 Å². The van der Waals surface area contributed by atoms with Crippen LogP contribution >= 0.6 is 0 Å². The van der Waals surface area contributed by atoms with Crippen molar-refractivity contribution in [3.63, 3.8) is 0 Å². The summed E-state index contributed by atoms with van der Waals surface area (Å²) in [7, 11) is 0. The van der Waals surface area contributed by atoms with Crippen LogP contribution in [0.3, 0.4) is 0 Å². The van der Waals surface area contributed by atoms with Gasteiger partial charge in [0.05, 0.1) is 22.4 Å². The molecule has 4 nitrogen and oxygen atoms in total. The predicted octanol–water partition coefficient (Wildman–Crippen LogP) is 3.60. The van der Waals surface area contributed by atoms with Gasteiger partial charge in [0.25, 0.3) is 5.69 Å². The maximum atomic E-state index is 11.0. The van der Waals surface area contributed by atoms with Gasteiger partial charge < -0.3 is 4.57 Å². The van der Waals surface area contributed by atoms with E-state index >= 15 is 0 Å². The van der Waals surface area contributed by atoms with E-state index in [4.69, 9.17) is 0 Å². The first-order valence-electron chi connectivity index (χ1n) is 6.52. The van der Waals surface area contributed by atoms with E-state index in [0.717, 1.165) is 11.1 Å². The number of aromatic nitrogens is 1. The van der Waals surface area contributed by atoms with Crippen LogP contribution in [0.4, 0.5) is 5.69 Å². The highest BCUT2D eigenvalue weighted by Crippen LogP contribution is 2.25. The number of fused-ring (bicyclic) bond motifs is 1. The zero-order chi connectivity index (χ0) is 14.7. The molecule has 0 radical (unpaired) electrons. The molecule has 3 aromatic rings. The topological polar surface area (TPSA) is 48.1 Å². The molecule has 0 aliphatic rings. The van der Waals surface area contributed by atoms with Gasteiger partial charge in [0, 0.05) is 17.8 Å². The molecule has 2 aromatic carbocycles. The van der Waals surface area contributed by atoms with Crippen molar-refractivity contribution < 1.29 is 4.92 Å². The Morgan fingerprint density at radius 2 is 1.86 bits per heavy atom. The predicted molar refractivity (Wildman–Crippen MR) is 81.9 cm³/mol. The minimum atomic E-state index is -0.359. The summed E-state index contributed by atoms with van der Waals surface area (Å²) in [5, 5.41) is 11.6. The standard InChI is InChI=1S/C17H12N2O2/c20-19(21)17-10-4-9-16-15(17)11-13-18(16)12-5-8-14-6-2-1-3-7-14/h1-4,6-7,9-11,13H,12H2. The quantitative estimate of drug-likeness (QED) is 0.408. The average molecular weight is 276 g/mol. The lowest BCUT2D eigenvalue weighted by atomic mass is 10.2. The number of rotatable bonds is 2. The molecule has 0 fully saturated rings. The second kappa shape index (κ2) is 5.51. The fraction of sp³-hybridized carbons (Fsp3) is 0.0588. The smallest absolute Gasteiger partial charge is 0.278 e. The Hall–Kier alpha value is -3.06. The second-order valence-electron chi connectivity index (χ2n) is 4.58. The van der Waals surface area contributed by atoms with Crippen molar-refractivity contribution in [3.8, 4) is 11.8 Å². The number of benzene rings is 2.